The van der Waals surface area contributed by atoms with Crippen LogP contribution in [0.2, 0.25) is 0 Å². The zero-order valence-corrected chi connectivity index (χ0v) is 38.1. The molecule has 6 aliphatic rings. The first-order chi connectivity index (χ1) is 31.8. The molecule has 0 bridgehead atoms. The van der Waals surface area contributed by atoms with Gasteiger partial charge in [0.05, 0.1) is 11.1 Å². The number of carbonyl (C=O) groups excluding carboxylic acids is 4. The maximum atomic E-state index is 13.9. The summed E-state index contributed by atoms with van der Waals surface area (Å²) < 4.78 is 0. The Morgan fingerprint density at radius 2 is 0.727 bits per heavy atom. The third-order valence-electron chi connectivity index (χ3n) is 15.4. The van der Waals surface area contributed by atoms with Crippen LogP contribution in [0.1, 0.15) is 99.8 Å². The summed E-state index contributed by atoms with van der Waals surface area (Å²) >= 11 is 3.34. The molecule has 0 saturated heterocycles. The van der Waals surface area contributed by atoms with E-state index in [1.807, 2.05) is 60.7 Å². The molecule has 0 amide bonds. The summed E-state index contributed by atoms with van der Waals surface area (Å²) in [7, 11) is 0. The maximum absolute atomic E-state index is 13.9. The molecule has 0 aliphatic heterocycles. The molecule has 0 fully saturated rings. The zero-order chi connectivity index (χ0) is 44.7. The van der Waals surface area contributed by atoms with Crippen LogP contribution >= 0.6 is 22.7 Å². The van der Waals surface area contributed by atoms with E-state index >= 15 is 0 Å². The molecule has 6 aromatic carbocycles. The first kappa shape index (κ1) is 38.2. The molecule has 6 aliphatic carbocycles. The normalized spacial score (nSPS) is 20.5. The minimum atomic E-state index is -0.270. The SMILES string of the molecule is CC1(C)C2=CC3C=C4C(=CC3C=C2c2sc(C=C3C(=O)c5cc6cc7ccccc7cc6cc5C3=O)cc21)C(C)(C)c1cc(C=C2C(=O)c3cc5cc6ccccc6cc5cc3C2=O)sc14. The average Bonchev–Trinajstić information content (AvgIpc) is 4.12. The van der Waals surface area contributed by atoms with Crippen LogP contribution in [0.15, 0.2) is 156 Å². The highest BCUT2D eigenvalue weighted by molar-refractivity contribution is 7.15. The molecule has 2 atom stereocenters. The van der Waals surface area contributed by atoms with E-state index < -0.39 is 0 Å². The van der Waals surface area contributed by atoms with Crippen molar-refractivity contribution in [2.24, 2.45) is 11.8 Å². The minimum Gasteiger partial charge on any atom is -0.288 e. The number of carbonyl (C=O) groups is 4. The molecule has 66 heavy (non-hydrogen) atoms. The average molecular weight is 887 g/mol. The topological polar surface area (TPSA) is 68.3 Å². The van der Waals surface area contributed by atoms with Gasteiger partial charge in [-0.2, -0.15) is 0 Å². The molecule has 0 spiro atoms. The van der Waals surface area contributed by atoms with Gasteiger partial charge in [-0.1, -0.05) is 101 Å². The molecule has 6 heteroatoms. The van der Waals surface area contributed by atoms with Gasteiger partial charge in [0, 0.05) is 64.4 Å². The largest absolute Gasteiger partial charge is 0.288 e. The Kier molecular flexibility index (Phi) is 7.41. The van der Waals surface area contributed by atoms with E-state index in [1.54, 1.807) is 22.7 Å². The van der Waals surface area contributed by atoms with Crippen LogP contribution in [0.4, 0.5) is 0 Å². The zero-order valence-electron chi connectivity index (χ0n) is 36.5. The van der Waals surface area contributed by atoms with Crippen molar-refractivity contribution in [3.8, 4) is 0 Å². The fourth-order valence-corrected chi connectivity index (χ4v) is 14.4. The quantitative estimate of drug-likeness (QED) is 0.0985. The van der Waals surface area contributed by atoms with Crippen LogP contribution in [0, 0.1) is 11.8 Å². The van der Waals surface area contributed by atoms with E-state index in [4.69, 9.17) is 0 Å². The summed E-state index contributed by atoms with van der Waals surface area (Å²) in [6.07, 6.45) is 13.4. The third kappa shape index (κ3) is 5.09. The summed E-state index contributed by atoms with van der Waals surface area (Å²) in [5, 5.41) is 8.23. The molecule has 0 saturated carbocycles. The Hall–Kier alpha value is -7.12. The molecular formula is C60H38O4S2. The molecule has 4 nitrogen and oxygen atoms in total. The predicted octanol–water partition coefficient (Wildman–Crippen LogP) is 14.5. The number of allylic oxidation sites excluding steroid dienone is 10. The Balaban J connectivity index is 0.772. The fourth-order valence-electron chi connectivity index (χ4n) is 11.8. The predicted molar refractivity (Wildman–Crippen MR) is 270 cm³/mol. The number of ketones is 4. The second-order valence-electron chi connectivity index (χ2n) is 19.8. The van der Waals surface area contributed by atoms with E-state index in [0.717, 1.165) is 52.8 Å². The molecule has 8 aromatic rings. The summed E-state index contributed by atoms with van der Waals surface area (Å²) in [5.74, 6) is -0.497. The molecular weight excluding hydrogens is 849 g/mol. The van der Waals surface area contributed by atoms with Crippen molar-refractivity contribution in [1.29, 1.82) is 0 Å². The van der Waals surface area contributed by atoms with Crippen molar-refractivity contribution in [3.05, 3.63) is 209 Å². The summed E-state index contributed by atoms with van der Waals surface area (Å²) in [5.41, 5.74) is 9.41. The molecule has 0 N–H and O–H groups in total. The molecule has 14 rings (SSSR count). The van der Waals surface area contributed by atoms with Crippen LogP contribution in [0.5, 0.6) is 0 Å². The van der Waals surface area contributed by atoms with E-state index in [2.05, 4.69) is 113 Å². The van der Waals surface area contributed by atoms with Gasteiger partial charge < -0.3 is 0 Å². The molecule has 2 heterocycles. The first-order valence-electron chi connectivity index (χ1n) is 22.5. The van der Waals surface area contributed by atoms with Gasteiger partial charge in [-0.15, -0.1) is 22.7 Å². The van der Waals surface area contributed by atoms with Crippen molar-refractivity contribution in [2.45, 2.75) is 38.5 Å². The van der Waals surface area contributed by atoms with E-state index in [9.17, 15) is 19.2 Å². The summed E-state index contributed by atoms with van der Waals surface area (Å²) in [4.78, 5) is 59.8. The number of benzene rings is 6. The second kappa shape index (κ2) is 12.8. The fraction of sp³-hybridized carbons (Fsp3) is 0.133. The van der Waals surface area contributed by atoms with Crippen LogP contribution in [0.25, 0.3) is 66.4 Å². The molecule has 2 unspecified atom stereocenters. The second-order valence-corrected chi connectivity index (χ2v) is 22.0. The number of rotatable bonds is 2. The lowest BCUT2D eigenvalue weighted by atomic mass is 9.70. The Labute approximate surface area is 388 Å². The Bertz CT molecular complexity index is 3550. The lowest BCUT2D eigenvalue weighted by molar-refractivity contribution is 0.0975. The monoisotopic (exact) mass is 886 g/mol. The van der Waals surface area contributed by atoms with E-state index in [-0.39, 0.29) is 56.9 Å². The van der Waals surface area contributed by atoms with Gasteiger partial charge in [-0.25, -0.2) is 0 Å². The van der Waals surface area contributed by atoms with Gasteiger partial charge in [0.15, 0.2) is 23.1 Å². The summed E-state index contributed by atoms with van der Waals surface area (Å²) in [6.45, 7) is 9.12. The Morgan fingerprint density at radius 3 is 1.05 bits per heavy atom. The maximum Gasteiger partial charge on any atom is 0.197 e. The van der Waals surface area contributed by atoms with Gasteiger partial charge >= 0.3 is 0 Å². The lowest BCUT2D eigenvalue weighted by Gasteiger charge is -2.33. The highest BCUT2D eigenvalue weighted by atomic mass is 32.1. The third-order valence-corrected chi connectivity index (χ3v) is 17.6. The molecule has 0 radical (unpaired) electrons. The highest BCUT2D eigenvalue weighted by Crippen LogP contribution is 2.60. The van der Waals surface area contributed by atoms with Crippen LogP contribution < -0.4 is 0 Å². The van der Waals surface area contributed by atoms with Crippen molar-refractivity contribution in [2.75, 3.05) is 0 Å². The molecule has 314 valence electrons. The van der Waals surface area contributed by atoms with E-state index in [0.29, 0.717) is 22.3 Å². The van der Waals surface area contributed by atoms with Gasteiger partial charge in [0.1, 0.15) is 0 Å². The van der Waals surface area contributed by atoms with Crippen LogP contribution in [-0.2, 0) is 10.8 Å². The highest BCUT2D eigenvalue weighted by Gasteiger charge is 2.47. The number of Topliss-reactive ketones (excluding diaryl/α,β-unsaturated/α-hetero) is 4. The van der Waals surface area contributed by atoms with Gasteiger partial charge in [-0.3, -0.25) is 19.2 Å². The van der Waals surface area contributed by atoms with Crippen molar-refractivity contribution in [1.82, 2.24) is 0 Å². The van der Waals surface area contributed by atoms with Crippen LogP contribution in [-0.4, -0.2) is 23.1 Å². The Morgan fingerprint density at radius 1 is 0.409 bits per heavy atom. The molecule has 2 aromatic heterocycles. The van der Waals surface area contributed by atoms with Crippen molar-refractivity contribution < 1.29 is 19.2 Å². The lowest BCUT2D eigenvalue weighted by Crippen LogP contribution is -2.24. The minimum absolute atomic E-state index is 0.168. The standard InChI is InChI=1S/C60H38O4S2/c1-59(2)49-23-37-22-46-50(60(3,4)52-28-40(66-58(46)52)26-48-55(63)43-19-35-15-31-11-7-8-12-32(31)16-36(35)20-44(43)56(48)64)24-38(37)21-45(49)57-51(59)27-39(65-57)25-47-53(61)41-17-33-13-29-9-5-6-10-30(29)14-34(33)18-42(41)54(47)62/h5-28,37-38H,1-4H3. The van der Waals surface area contributed by atoms with E-state index in [1.165, 1.54) is 43.2 Å². The van der Waals surface area contributed by atoms with Gasteiger partial charge in [-0.05, 0) is 149 Å². The van der Waals surface area contributed by atoms with Gasteiger partial charge in [0.2, 0.25) is 0 Å². The smallest absolute Gasteiger partial charge is 0.197 e. The number of hydrogen-bond acceptors (Lipinski definition) is 6. The van der Waals surface area contributed by atoms with Gasteiger partial charge in [0.25, 0.3) is 0 Å². The van der Waals surface area contributed by atoms with Crippen LogP contribution in [0.3, 0.4) is 0 Å². The number of fused-ring (bicyclic) bond motifs is 13. The van der Waals surface area contributed by atoms with Crippen molar-refractivity contribution in [3.63, 3.8) is 0 Å². The number of thiophene rings is 2. The first-order valence-corrected chi connectivity index (χ1v) is 24.2. The van der Waals surface area contributed by atoms with Crippen molar-refractivity contribution >= 4 is 112 Å². The summed E-state index contributed by atoms with van der Waals surface area (Å²) in [6, 6.07) is 36.6. The number of hydrogen-bond donors (Lipinski definition) is 0.